The van der Waals surface area contributed by atoms with E-state index in [0.717, 1.165) is 24.0 Å². The molecule has 3 rings (SSSR count). The predicted octanol–water partition coefficient (Wildman–Crippen LogP) is 3.48. The van der Waals surface area contributed by atoms with E-state index < -0.39 is 0 Å². The Kier molecular flexibility index (Phi) is 4.42. The first-order valence-corrected chi connectivity index (χ1v) is 7.92. The fraction of sp³-hybridized carbons (Fsp3) is 0.625. The molecule has 0 amide bonds. The van der Waals surface area contributed by atoms with E-state index >= 15 is 0 Å². The van der Waals surface area contributed by atoms with Crippen molar-refractivity contribution in [1.29, 1.82) is 0 Å². The van der Waals surface area contributed by atoms with Crippen LogP contribution in [0.3, 0.4) is 0 Å². The Bertz CT molecular complexity index is 392. The number of nitrogens with one attached hydrogen (secondary N) is 1. The third kappa shape index (κ3) is 3.13. The van der Waals surface area contributed by atoms with Gasteiger partial charge in [-0.15, -0.1) is 0 Å². The standard InChI is InChI=1S/C16H23ClN2/c17-15-7-5-14(6-8-15)16(13-3-1-2-4-13)19-11-9-18-10-12-19/h5-8,13,16,18H,1-4,9-12H2/t16-/m1/s1. The first-order valence-electron chi connectivity index (χ1n) is 7.55. The summed E-state index contributed by atoms with van der Waals surface area (Å²) < 4.78 is 0. The molecule has 3 heteroatoms. The van der Waals surface area contributed by atoms with Gasteiger partial charge in [0.05, 0.1) is 0 Å². The van der Waals surface area contributed by atoms with Crippen molar-refractivity contribution < 1.29 is 0 Å². The highest BCUT2D eigenvalue weighted by Gasteiger charge is 2.31. The van der Waals surface area contributed by atoms with Crippen LogP contribution < -0.4 is 5.32 Å². The van der Waals surface area contributed by atoms with Crippen molar-refractivity contribution in [3.63, 3.8) is 0 Å². The highest BCUT2D eigenvalue weighted by atomic mass is 35.5. The Balaban J connectivity index is 1.83. The lowest BCUT2D eigenvalue weighted by Crippen LogP contribution is -2.46. The SMILES string of the molecule is Clc1ccc([C@@H](C2CCCC2)N2CCNCC2)cc1. The summed E-state index contributed by atoms with van der Waals surface area (Å²) in [5.74, 6) is 0.833. The maximum absolute atomic E-state index is 6.04. The number of rotatable bonds is 3. The molecule has 1 atom stereocenters. The monoisotopic (exact) mass is 278 g/mol. The van der Waals surface area contributed by atoms with Gasteiger partial charge in [0.15, 0.2) is 0 Å². The molecule has 0 bridgehead atoms. The summed E-state index contributed by atoms with van der Waals surface area (Å²) in [7, 11) is 0. The molecule has 19 heavy (non-hydrogen) atoms. The largest absolute Gasteiger partial charge is 0.314 e. The minimum absolute atomic E-state index is 0.599. The molecule has 1 N–H and O–H groups in total. The zero-order valence-electron chi connectivity index (χ0n) is 11.4. The van der Waals surface area contributed by atoms with Crippen LogP contribution in [-0.4, -0.2) is 31.1 Å². The molecule has 104 valence electrons. The number of hydrogen-bond acceptors (Lipinski definition) is 2. The smallest absolute Gasteiger partial charge is 0.0406 e. The number of hydrogen-bond donors (Lipinski definition) is 1. The Labute approximate surface area is 121 Å². The van der Waals surface area contributed by atoms with Gasteiger partial charge in [0.1, 0.15) is 0 Å². The van der Waals surface area contributed by atoms with Crippen LogP contribution in [0.25, 0.3) is 0 Å². The highest BCUT2D eigenvalue weighted by molar-refractivity contribution is 6.30. The zero-order chi connectivity index (χ0) is 13.1. The van der Waals surface area contributed by atoms with E-state index in [9.17, 15) is 0 Å². The van der Waals surface area contributed by atoms with E-state index in [0.29, 0.717) is 6.04 Å². The van der Waals surface area contributed by atoms with E-state index in [1.165, 1.54) is 44.3 Å². The molecule has 2 aliphatic rings. The summed E-state index contributed by atoms with van der Waals surface area (Å²) >= 11 is 6.04. The van der Waals surface area contributed by atoms with Crippen molar-refractivity contribution in [1.82, 2.24) is 10.2 Å². The van der Waals surface area contributed by atoms with Gasteiger partial charge in [0.25, 0.3) is 0 Å². The fourth-order valence-corrected chi connectivity index (χ4v) is 3.80. The van der Waals surface area contributed by atoms with Crippen LogP contribution in [-0.2, 0) is 0 Å². The molecule has 1 aliphatic carbocycles. The highest BCUT2D eigenvalue weighted by Crippen LogP contribution is 2.39. The van der Waals surface area contributed by atoms with Crippen molar-refractivity contribution in [3.05, 3.63) is 34.9 Å². The van der Waals surface area contributed by atoms with Gasteiger partial charge in [0, 0.05) is 37.2 Å². The fourth-order valence-electron chi connectivity index (χ4n) is 3.67. The maximum atomic E-state index is 6.04. The molecular formula is C16H23ClN2. The van der Waals surface area contributed by atoms with E-state index in [-0.39, 0.29) is 0 Å². The molecule has 0 unspecified atom stereocenters. The van der Waals surface area contributed by atoms with E-state index in [1.807, 2.05) is 12.1 Å². The van der Waals surface area contributed by atoms with Crippen molar-refractivity contribution in [3.8, 4) is 0 Å². The summed E-state index contributed by atoms with van der Waals surface area (Å²) in [4.78, 5) is 2.68. The average molecular weight is 279 g/mol. The minimum Gasteiger partial charge on any atom is -0.314 e. The van der Waals surface area contributed by atoms with Gasteiger partial charge in [0.2, 0.25) is 0 Å². The average Bonchev–Trinajstić information content (AvgIpc) is 2.96. The molecule has 1 aromatic carbocycles. The Morgan fingerprint density at radius 2 is 1.68 bits per heavy atom. The second-order valence-electron chi connectivity index (χ2n) is 5.83. The van der Waals surface area contributed by atoms with Gasteiger partial charge in [-0.2, -0.15) is 0 Å². The Morgan fingerprint density at radius 3 is 2.32 bits per heavy atom. The Morgan fingerprint density at radius 1 is 1.05 bits per heavy atom. The van der Waals surface area contributed by atoms with Crippen LogP contribution in [0.4, 0.5) is 0 Å². The van der Waals surface area contributed by atoms with Crippen molar-refractivity contribution in [2.45, 2.75) is 31.7 Å². The molecule has 2 nitrogen and oxygen atoms in total. The summed E-state index contributed by atoms with van der Waals surface area (Å²) in [6, 6.07) is 9.14. The molecule has 1 heterocycles. The van der Waals surface area contributed by atoms with Crippen LogP contribution >= 0.6 is 11.6 Å². The number of benzene rings is 1. The number of piperazine rings is 1. The second-order valence-corrected chi connectivity index (χ2v) is 6.26. The molecule has 2 fully saturated rings. The maximum Gasteiger partial charge on any atom is 0.0406 e. The zero-order valence-corrected chi connectivity index (χ0v) is 12.2. The second kappa shape index (κ2) is 6.25. The van der Waals surface area contributed by atoms with Gasteiger partial charge < -0.3 is 5.32 Å². The third-order valence-electron chi connectivity index (χ3n) is 4.60. The first kappa shape index (κ1) is 13.4. The Hall–Kier alpha value is -0.570. The van der Waals surface area contributed by atoms with Crippen molar-refractivity contribution in [2.24, 2.45) is 5.92 Å². The minimum atomic E-state index is 0.599. The topological polar surface area (TPSA) is 15.3 Å². The van der Waals surface area contributed by atoms with E-state index in [4.69, 9.17) is 11.6 Å². The van der Waals surface area contributed by atoms with Gasteiger partial charge in [-0.05, 0) is 36.5 Å². The van der Waals surface area contributed by atoms with Crippen LogP contribution in [0, 0.1) is 5.92 Å². The lowest BCUT2D eigenvalue weighted by atomic mass is 9.90. The number of halogens is 1. The van der Waals surface area contributed by atoms with Gasteiger partial charge in [-0.1, -0.05) is 36.6 Å². The molecule has 0 spiro atoms. The molecule has 1 saturated carbocycles. The molecule has 0 aromatic heterocycles. The van der Waals surface area contributed by atoms with Crippen molar-refractivity contribution >= 4 is 11.6 Å². The summed E-state index contributed by atoms with van der Waals surface area (Å²) in [6.45, 7) is 4.58. The van der Waals surface area contributed by atoms with E-state index in [2.05, 4.69) is 22.3 Å². The lowest BCUT2D eigenvalue weighted by Gasteiger charge is -2.38. The lowest BCUT2D eigenvalue weighted by molar-refractivity contribution is 0.125. The molecule has 1 saturated heterocycles. The summed E-state index contributed by atoms with van der Waals surface area (Å²) in [5.41, 5.74) is 1.46. The molecule has 0 radical (unpaired) electrons. The van der Waals surface area contributed by atoms with Gasteiger partial charge in [-0.3, -0.25) is 4.90 Å². The third-order valence-corrected chi connectivity index (χ3v) is 4.85. The predicted molar refractivity (Wildman–Crippen MR) is 80.6 cm³/mol. The number of nitrogens with zero attached hydrogens (tertiary/aromatic N) is 1. The first-order chi connectivity index (χ1) is 9.34. The summed E-state index contributed by atoms with van der Waals surface area (Å²) in [5, 5.41) is 4.30. The van der Waals surface area contributed by atoms with E-state index in [1.54, 1.807) is 0 Å². The quantitative estimate of drug-likeness (QED) is 0.911. The van der Waals surface area contributed by atoms with Crippen molar-refractivity contribution in [2.75, 3.05) is 26.2 Å². The van der Waals surface area contributed by atoms with Crippen LogP contribution in [0.1, 0.15) is 37.3 Å². The van der Waals surface area contributed by atoms with Crippen LogP contribution in [0.2, 0.25) is 5.02 Å². The molecule has 1 aliphatic heterocycles. The van der Waals surface area contributed by atoms with Gasteiger partial charge >= 0.3 is 0 Å². The molecular weight excluding hydrogens is 256 g/mol. The normalized spacial score (nSPS) is 23.6. The molecule has 1 aromatic rings. The summed E-state index contributed by atoms with van der Waals surface area (Å²) in [6.07, 6.45) is 5.58. The van der Waals surface area contributed by atoms with Gasteiger partial charge in [-0.25, -0.2) is 0 Å². The van der Waals surface area contributed by atoms with Crippen LogP contribution in [0.15, 0.2) is 24.3 Å². The van der Waals surface area contributed by atoms with Crippen LogP contribution in [0.5, 0.6) is 0 Å².